The average Bonchev–Trinajstić information content (AvgIpc) is 2.33. The summed E-state index contributed by atoms with van der Waals surface area (Å²) < 4.78 is 0. The van der Waals surface area contributed by atoms with Crippen molar-refractivity contribution in [1.82, 2.24) is 5.32 Å². The molecule has 0 bridgehead atoms. The van der Waals surface area contributed by atoms with Crippen molar-refractivity contribution >= 4 is 0 Å². The summed E-state index contributed by atoms with van der Waals surface area (Å²) in [5.41, 5.74) is 4.53. The first-order chi connectivity index (χ1) is 4.51. The Balaban J connectivity index is 2.48. The van der Waals surface area contributed by atoms with Crippen molar-refractivity contribution in [3.05, 3.63) is 0 Å². The van der Waals surface area contributed by atoms with Crippen molar-refractivity contribution in [1.29, 1.82) is 0 Å². The highest BCUT2D eigenvalue weighted by atomic mass is 16.4. The van der Waals surface area contributed by atoms with Gasteiger partial charge in [-0.3, -0.25) is 0 Å². The van der Waals surface area contributed by atoms with Crippen LogP contribution in [0.3, 0.4) is 0 Å². The maximum atomic E-state index is 9.29. The maximum Gasteiger partial charge on any atom is 0.0963 e. The van der Waals surface area contributed by atoms with Crippen LogP contribution >= 0.6 is 0 Å². The molecule has 60 valence electrons. The molecule has 1 rings (SSSR count). The third kappa shape index (κ3) is 0.932. The van der Waals surface area contributed by atoms with Gasteiger partial charge in [-0.1, -0.05) is 0 Å². The molecular formula is C6H14N2O2. The van der Waals surface area contributed by atoms with Gasteiger partial charge in [0.1, 0.15) is 0 Å². The molecular weight excluding hydrogens is 132 g/mol. The van der Waals surface area contributed by atoms with E-state index in [1.165, 1.54) is 0 Å². The molecule has 0 aromatic heterocycles. The SMILES string of the molecule is CNC(N)[C@@H]1[C@@H](O)C1(C)O. The first-order valence-electron chi connectivity index (χ1n) is 3.35. The van der Waals surface area contributed by atoms with Gasteiger partial charge < -0.3 is 21.3 Å². The van der Waals surface area contributed by atoms with Crippen LogP contribution in [0.2, 0.25) is 0 Å². The summed E-state index contributed by atoms with van der Waals surface area (Å²) in [4.78, 5) is 0. The molecule has 0 aromatic rings. The second-order valence-electron chi connectivity index (χ2n) is 3.01. The molecule has 1 aliphatic carbocycles. The van der Waals surface area contributed by atoms with Gasteiger partial charge in [0.05, 0.1) is 17.9 Å². The Hall–Kier alpha value is -0.160. The van der Waals surface area contributed by atoms with E-state index < -0.39 is 11.7 Å². The van der Waals surface area contributed by atoms with Crippen LogP contribution in [0.25, 0.3) is 0 Å². The molecule has 5 N–H and O–H groups in total. The van der Waals surface area contributed by atoms with Gasteiger partial charge >= 0.3 is 0 Å². The van der Waals surface area contributed by atoms with Crippen molar-refractivity contribution in [3.63, 3.8) is 0 Å². The number of hydrogen-bond donors (Lipinski definition) is 4. The highest BCUT2D eigenvalue weighted by molar-refractivity contribution is 5.13. The van der Waals surface area contributed by atoms with Crippen molar-refractivity contribution in [3.8, 4) is 0 Å². The fraction of sp³-hybridized carbons (Fsp3) is 1.00. The molecule has 0 aromatic carbocycles. The van der Waals surface area contributed by atoms with Crippen LogP contribution in [0, 0.1) is 5.92 Å². The van der Waals surface area contributed by atoms with Gasteiger partial charge in [-0.2, -0.15) is 0 Å². The van der Waals surface area contributed by atoms with E-state index in [1.807, 2.05) is 0 Å². The van der Waals surface area contributed by atoms with Crippen molar-refractivity contribution < 1.29 is 10.2 Å². The van der Waals surface area contributed by atoms with Crippen LogP contribution in [0.4, 0.5) is 0 Å². The van der Waals surface area contributed by atoms with Crippen LogP contribution in [0.1, 0.15) is 6.92 Å². The van der Waals surface area contributed by atoms with Gasteiger partial charge in [0.25, 0.3) is 0 Å². The molecule has 1 fully saturated rings. The number of hydrogen-bond acceptors (Lipinski definition) is 4. The molecule has 2 unspecified atom stereocenters. The first kappa shape index (κ1) is 7.94. The standard InChI is InChI=1S/C6H14N2O2/c1-6(10)3(4(6)9)5(7)8-2/h3-5,8-10H,7H2,1-2H3/t3-,4+,5?,6?/m0/s1. The van der Waals surface area contributed by atoms with Crippen molar-refractivity contribution in [2.24, 2.45) is 11.7 Å². The van der Waals surface area contributed by atoms with Crippen molar-refractivity contribution in [2.75, 3.05) is 7.05 Å². The molecule has 0 heterocycles. The highest BCUT2D eigenvalue weighted by Gasteiger charge is 2.62. The molecule has 10 heavy (non-hydrogen) atoms. The van der Waals surface area contributed by atoms with E-state index in [4.69, 9.17) is 10.8 Å². The van der Waals surface area contributed by atoms with E-state index in [0.717, 1.165) is 0 Å². The predicted molar refractivity (Wildman–Crippen MR) is 37.2 cm³/mol. The van der Waals surface area contributed by atoms with E-state index >= 15 is 0 Å². The summed E-state index contributed by atoms with van der Waals surface area (Å²) in [6.45, 7) is 1.58. The Morgan fingerprint density at radius 3 is 2.20 bits per heavy atom. The Morgan fingerprint density at radius 1 is 1.70 bits per heavy atom. The van der Waals surface area contributed by atoms with Gasteiger partial charge in [-0.05, 0) is 14.0 Å². The van der Waals surface area contributed by atoms with Crippen LogP contribution in [-0.2, 0) is 0 Å². The van der Waals surface area contributed by atoms with Gasteiger partial charge in [0.2, 0.25) is 0 Å². The zero-order valence-corrected chi connectivity index (χ0v) is 6.20. The van der Waals surface area contributed by atoms with Crippen LogP contribution in [0.15, 0.2) is 0 Å². The van der Waals surface area contributed by atoms with Crippen molar-refractivity contribution in [2.45, 2.75) is 24.8 Å². The second kappa shape index (κ2) is 2.17. The van der Waals surface area contributed by atoms with Gasteiger partial charge in [0, 0.05) is 5.92 Å². The molecule has 1 saturated carbocycles. The van der Waals surface area contributed by atoms with Gasteiger partial charge in [-0.15, -0.1) is 0 Å². The van der Waals surface area contributed by atoms with E-state index in [-0.39, 0.29) is 12.1 Å². The largest absolute Gasteiger partial charge is 0.390 e. The Bertz CT molecular complexity index is 138. The maximum absolute atomic E-state index is 9.29. The fourth-order valence-electron chi connectivity index (χ4n) is 1.25. The summed E-state index contributed by atoms with van der Waals surface area (Å²) in [6, 6.07) is 0. The lowest BCUT2D eigenvalue weighted by Crippen LogP contribution is -2.39. The molecule has 0 aliphatic heterocycles. The highest BCUT2D eigenvalue weighted by Crippen LogP contribution is 2.44. The second-order valence-corrected chi connectivity index (χ2v) is 3.01. The van der Waals surface area contributed by atoms with Crippen LogP contribution in [0.5, 0.6) is 0 Å². The Morgan fingerprint density at radius 2 is 2.10 bits per heavy atom. The molecule has 0 saturated heterocycles. The molecule has 0 spiro atoms. The first-order valence-corrected chi connectivity index (χ1v) is 3.35. The lowest BCUT2D eigenvalue weighted by Gasteiger charge is -2.09. The minimum Gasteiger partial charge on any atom is -0.390 e. The number of nitrogens with two attached hydrogens (primary N) is 1. The van der Waals surface area contributed by atoms with E-state index in [0.29, 0.717) is 0 Å². The summed E-state index contributed by atoms with van der Waals surface area (Å²) in [5, 5.41) is 21.1. The zero-order chi connectivity index (χ0) is 7.94. The number of nitrogens with one attached hydrogen (secondary N) is 1. The average molecular weight is 146 g/mol. The number of rotatable bonds is 2. The molecule has 0 radical (unpaired) electrons. The smallest absolute Gasteiger partial charge is 0.0963 e. The third-order valence-corrected chi connectivity index (χ3v) is 2.22. The monoisotopic (exact) mass is 146 g/mol. The van der Waals surface area contributed by atoms with E-state index in [9.17, 15) is 5.11 Å². The molecule has 1 aliphatic rings. The van der Waals surface area contributed by atoms with E-state index in [2.05, 4.69) is 5.32 Å². The number of aliphatic hydroxyl groups excluding tert-OH is 1. The molecule has 4 heteroatoms. The molecule has 4 nitrogen and oxygen atoms in total. The fourth-order valence-corrected chi connectivity index (χ4v) is 1.25. The van der Waals surface area contributed by atoms with E-state index in [1.54, 1.807) is 14.0 Å². The van der Waals surface area contributed by atoms with Gasteiger partial charge in [-0.25, -0.2) is 0 Å². The summed E-state index contributed by atoms with van der Waals surface area (Å²) in [5.74, 6) is -0.225. The van der Waals surface area contributed by atoms with Crippen LogP contribution in [-0.4, -0.2) is 35.1 Å². The number of aliphatic hydroxyl groups is 2. The quantitative estimate of drug-likeness (QED) is 0.348. The predicted octanol–water partition coefficient (Wildman–Crippen LogP) is -1.77. The Kier molecular flexibility index (Phi) is 1.72. The summed E-state index contributed by atoms with van der Waals surface area (Å²) in [7, 11) is 1.70. The summed E-state index contributed by atoms with van der Waals surface area (Å²) in [6.07, 6.45) is -0.986. The topological polar surface area (TPSA) is 78.5 Å². The normalized spacial score (nSPS) is 48.9. The van der Waals surface area contributed by atoms with Crippen LogP contribution < -0.4 is 11.1 Å². The minimum atomic E-state index is -0.984. The van der Waals surface area contributed by atoms with Gasteiger partial charge in [0.15, 0.2) is 0 Å². The zero-order valence-electron chi connectivity index (χ0n) is 6.20. The third-order valence-electron chi connectivity index (χ3n) is 2.22. The summed E-state index contributed by atoms with van der Waals surface area (Å²) >= 11 is 0. The molecule has 0 amide bonds. The molecule has 4 atom stereocenters. The minimum absolute atomic E-state index is 0.225. The lowest BCUT2D eigenvalue weighted by molar-refractivity contribution is 0.0979. The Labute approximate surface area is 60.0 Å². The lowest BCUT2D eigenvalue weighted by atomic mass is 10.2.